The second-order valence-corrected chi connectivity index (χ2v) is 8.83. The first-order valence-corrected chi connectivity index (χ1v) is 11.5. The lowest BCUT2D eigenvalue weighted by Gasteiger charge is -2.35. The number of ether oxygens (including phenoxy) is 2. The van der Waals surface area contributed by atoms with Crippen molar-refractivity contribution >= 4 is 5.96 Å². The van der Waals surface area contributed by atoms with Crippen LogP contribution in [0.15, 0.2) is 4.99 Å². The zero-order chi connectivity index (χ0) is 18.9. The quantitative estimate of drug-likeness (QED) is 0.563. The second-order valence-electron chi connectivity index (χ2n) is 8.83. The Balaban J connectivity index is 1.40. The number of guanidine groups is 1. The van der Waals surface area contributed by atoms with Crippen LogP contribution in [-0.4, -0.2) is 62.5 Å². The lowest BCUT2D eigenvalue weighted by molar-refractivity contribution is -0.0721. The van der Waals surface area contributed by atoms with E-state index >= 15 is 0 Å². The number of nitrogens with zero attached hydrogens (tertiary/aromatic N) is 2. The van der Waals surface area contributed by atoms with Gasteiger partial charge in [0.2, 0.25) is 0 Å². The van der Waals surface area contributed by atoms with E-state index in [-0.39, 0.29) is 0 Å². The molecule has 1 atom stereocenters. The number of nitrogens with one attached hydrogen (secondary N) is 1. The molecule has 0 aromatic heterocycles. The van der Waals surface area contributed by atoms with Gasteiger partial charge in [0.05, 0.1) is 18.8 Å². The molecule has 2 heterocycles. The van der Waals surface area contributed by atoms with Crippen LogP contribution >= 0.6 is 0 Å². The van der Waals surface area contributed by atoms with Crippen molar-refractivity contribution < 1.29 is 9.47 Å². The van der Waals surface area contributed by atoms with Crippen molar-refractivity contribution in [2.45, 2.75) is 83.8 Å². The first kappa shape index (κ1) is 20.9. The molecule has 0 radical (unpaired) electrons. The summed E-state index contributed by atoms with van der Waals surface area (Å²) in [6.45, 7) is 10.3. The molecule has 0 spiro atoms. The molecular weight excluding hydrogens is 338 g/mol. The van der Waals surface area contributed by atoms with Gasteiger partial charge in [-0.2, -0.15) is 0 Å². The third-order valence-corrected chi connectivity index (χ3v) is 6.50. The van der Waals surface area contributed by atoms with Gasteiger partial charge in [-0.3, -0.25) is 4.99 Å². The van der Waals surface area contributed by atoms with Crippen molar-refractivity contribution in [2.24, 2.45) is 16.8 Å². The maximum atomic E-state index is 6.16. The molecule has 0 amide bonds. The summed E-state index contributed by atoms with van der Waals surface area (Å²) in [5.41, 5.74) is 0. The minimum absolute atomic E-state index is 0.328. The summed E-state index contributed by atoms with van der Waals surface area (Å²) < 4.78 is 12.0. The van der Waals surface area contributed by atoms with E-state index < -0.39 is 0 Å². The largest absolute Gasteiger partial charge is 0.376 e. The van der Waals surface area contributed by atoms with Crippen molar-refractivity contribution in [1.82, 2.24) is 10.2 Å². The van der Waals surface area contributed by atoms with Crippen LogP contribution in [-0.2, 0) is 9.47 Å². The smallest absolute Gasteiger partial charge is 0.193 e. The minimum atomic E-state index is 0.328. The molecule has 5 heteroatoms. The monoisotopic (exact) mass is 379 g/mol. The first-order valence-electron chi connectivity index (χ1n) is 11.5. The maximum Gasteiger partial charge on any atom is 0.193 e. The van der Waals surface area contributed by atoms with Crippen molar-refractivity contribution in [3.63, 3.8) is 0 Å². The van der Waals surface area contributed by atoms with Crippen LogP contribution in [0.2, 0.25) is 0 Å². The third-order valence-electron chi connectivity index (χ3n) is 6.50. The molecule has 1 N–H and O–H groups in total. The predicted octanol–water partition coefficient (Wildman–Crippen LogP) is 3.83. The Labute approximate surface area is 166 Å². The van der Waals surface area contributed by atoms with E-state index in [1.54, 1.807) is 0 Å². The molecule has 1 aliphatic carbocycles. The van der Waals surface area contributed by atoms with E-state index in [0.717, 1.165) is 76.5 Å². The highest BCUT2D eigenvalue weighted by atomic mass is 16.5. The van der Waals surface area contributed by atoms with Gasteiger partial charge < -0.3 is 19.7 Å². The number of hydrogen-bond acceptors (Lipinski definition) is 3. The minimum Gasteiger partial charge on any atom is -0.376 e. The average Bonchev–Trinajstić information content (AvgIpc) is 2.72. The van der Waals surface area contributed by atoms with Gasteiger partial charge in [0.1, 0.15) is 0 Å². The lowest BCUT2D eigenvalue weighted by atomic mass is 9.83. The van der Waals surface area contributed by atoms with Gasteiger partial charge in [0, 0.05) is 32.8 Å². The summed E-state index contributed by atoms with van der Waals surface area (Å²) >= 11 is 0. The highest BCUT2D eigenvalue weighted by Crippen LogP contribution is 2.28. The fraction of sp³-hybridized carbons (Fsp3) is 0.955. The number of rotatable bonds is 6. The zero-order valence-corrected chi connectivity index (χ0v) is 17.6. The van der Waals surface area contributed by atoms with E-state index in [1.165, 1.54) is 38.5 Å². The molecule has 27 heavy (non-hydrogen) atoms. The van der Waals surface area contributed by atoms with Crippen molar-refractivity contribution in [3.05, 3.63) is 0 Å². The maximum absolute atomic E-state index is 6.16. The molecule has 1 unspecified atom stereocenters. The first-order chi connectivity index (χ1) is 13.2. The van der Waals surface area contributed by atoms with Crippen LogP contribution in [0.5, 0.6) is 0 Å². The van der Waals surface area contributed by atoms with E-state index in [0.29, 0.717) is 12.2 Å². The van der Waals surface area contributed by atoms with Gasteiger partial charge in [-0.25, -0.2) is 0 Å². The molecular formula is C22H41N3O2. The molecule has 156 valence electrons. The Morgan fingerprint density at radius 3 is 2.52 bits per heavy atom. The summed E-state index contributed by atoms with van der Waals surface area (Å²) in [7, 11) is 0. The predicted molar refractivity (Wildman–Crippen MR) is 111 cm³/mol. The Morgan fingerprint density at radius 1 is 1.07 bits per heavy atom. The zero-order valence-electron chi connectivity index (χ0n) is 17.6. The molecule has 3 fully saturated rings. The normalized spacial score (nSPS) is 31.1. The SMILES string of the molecule is CCNC(=NCC1CCC(C)CC1)N1CCC(OCC2CCCCO2)CC1. The summed E-state index contributed by atoms with van der Waals surface area (Å²) in [5.74, 6) is 2.81. The second kappa shape index (κ2) is 11.3. The molecule has 1 saturated carbocycles. The fourth-order valence-corrected chi connectivity index (χ4v) is 4.57. The van der Waals surface area contributed by atoms with Gasteiger partial charge in [0.25, 0.3) is 0 Å². The topological polar surface area (TPSA) is 46.1 Å². The Bertz CT molecular complexity index is 435. The van der Waals surface area contributed by atoms with Crippen LogP contribution in [0.4, 0.5) is 0 Å². The van der Waals surface area contributed by atoms with E-state index in [1.807, 2.05) is 0 Å². The van der Waals surface area contributed by atoms with Gasteiger partial charge in [-0.15, -0.1) is 0 Å². The molecule has 3 rings (SSSR count). The lowest BCUT2D eigenvalue weighted by Crippen LogP contribution is -2.47. The number of hydrogen-bond donors (Lipinski definition) is 1. The molecule has 3 aliphatic rings. The van der Waals surface area contributed by atoms with Crippen LogP contribution in [0, 0.1) is 11.8 Å². The number of aliphatic imine (C=N–C) groups is 1. The van der Waals surface area contributed by atoms with E-state index in [9.17, 15) is 0 Å². The summed E-state index contributed by atoms with van der Waals surface area (Å²) in [6.07, 6.45) is 12.0. The molecule has 5 nitrogen and oxygen atoms in total. The van der Waals surface area contributed by atoms with Crippen molar-refractivity contribution in [2.75, 3.05) is 39.4 Å². The molecule has 0 bridgehead atoms. The van der Waals surface area contributed by atoms with Gasteiger partial charge in [-0.1, -0.05) is 19.8 Å². The van der Waals surface area contributed by atoms with Crippen molar-refractivity contribution in [3.8, 4) is 0 Å². The van der Waals surface area contributed by atoms with Crippen LogP contribution in [0.25, 0.3) is 0 Å². The Hall–Kier alpha value is -0.810. The summed E-state index contributed by atoms with van der Waals surface area (Å²) in [4.78, 5) is 7.44. The van der Waals surface area contributed by atoms with Crippen molar-refractivity contribution in [1.29, 1.82) is 0 Å². The summed E-state index contributed by atoms with van der Waals surface area (Å²) in [6, 6.07) is 0. The Morgan fingerprint density at radius 2 is 1.85 bits per heavy atom. The van der Waals surface area contributed by atoms with E-state index in [2.05, 4.69) is 24.1 Å². The summed E-state index contributed by atoms with van der Waals surface area (Å²) in [5, 5.41) is 3.51. The molecule has 2 aliphatic heterocycles. The van der Waals surface area contributed by atoms with E-state index in [4.69, 9.17) is 14.5 Å². The van der Waals surface area contributed by atoms with Crippen LogP contribution in [0.3, 0.4) is 0 Å². The van der Waals surface area contributed by atoms with Gasteiger partial charge >= 0.3 is 0 Å². The van der Waals surface area contributed by atoms with Crippen LogP contribution < -0.4 is 5.32 Å². The standard InChI is InChI=1S/C22H41N3O2/c1-3-23-22(24-16-19-9-7-18(2)8-10-19)25-13-11-20(12-14-25)27-17-21-6-4-5-15-26-21/h18-21H,3-17H2,1-2H3,(H,23,24). The van der Waals surface area contributed by atoms with Gasteiger partial charge in [0.15, 0.2) is 5.96 Å². The number of likely N-dealkylation sites (tertiary alicyclic amines) is 1. The Kier molecular flexibility index (Phi) is 8.72. The van der Waals surface area contributed by atoms with Gasteiger partial charge in [-0.05, 0) is 63.7 Å². The number of piperidine rings is 1. The molecule has 2 saturated heterocycles. The third kappa shape index (κ3) is 6.94. The highest BCUT2D eigenvalue weighted by Gasteiger charge is 2.24. The van der Waals surface area contributed by atoms with Crippen LogP contribution in [0.1, 0.15) is 71.6 Å². The molecule has 0 aromatic rings. The average molecular weight is 380 g/mol. The molecule has 0 aromatic carbocycles. The fourth-order valence-electron chi connectivity index (χ4n) is 4.57. The highest BCUT2D eigenvalue weighted by molar-refractivity contribution is 5.80.